The maximum atomic E-state index is 13.8. The summed E-state index contributed by atoms with van der Waals surface area (Å²) in [4.78, 5) is 14.6. The number of hydrogen-bond acceptors (Lipinski definition) is 1. The number of halogens is 6. The first-order valence-corrected chi connectivity index (χ1v) is 8.40. The van der Waals surface area contributed by atoms with Crippen LogP contribution < -0.4 is 0 Å². The van der Waals surface area contributed by atoms with Gasteiger partial charge in [0.1, 0.15) is 5.82 Å². The van der Waals surface area contributed by atoms with E-state index in [9.17, 15) is 22.4 Å². The number of nitrogens with one attached hydrogen (secondary N) is 1. The van der Waals surface area contributed by atoms with Gasteiger partial charge in [0.15, 0.2) is 0 Å². The molecule has 0 aliphatic carbocycles. The molecule has 8 heteroatoms. The molecule has 0 radical (unpaired) electrons. The molecule has 0 bridgehead atoms. The Hall–Kier alpha value is -2.12. The number of aromatic nitrogens is 1. The van der Waals surface area contributed by atoms with Gasteiger partial charge in [-0.3, -0.25) is 4.79 Å². The molecule has 0 aliphatic heterocycles. The number of rotatable bonds is 3. The summed E-state index contributed by atoms with van der Waals surface area (Å²) in [7, 11) is 0. The second-order valence-electron chi connectivity index (χ2n) is 5.44. The van der Waals surface area contributed by atoms with Crippen molar-refractivity contribution in [2.24, 2.45) is 0 Å². The van der Waals surface area contributed by atoms with Gasteiger partial charge in [-0.25, -0.2) is 4.39 Å². The summed E-state index contributed by atoms with van der Waals surface area (Å²) in [5.41, 5.74) is 0.200. The minimum absolute atomic E-state index is 0.0604. The van der Waals surface area contributed by atoms with E-state index in [-0.39, 0.29) is 21.1 Å². The third kappa shape index (κ3) is 3.68. The Labute approximate surface area is 158 Å². The molecule has 0 atom stereocenters. The second kappa shape index (κ2) is 6.89. The van der Waals surface area contributed by atoms with Crippen LogP contribution in [0.3, 0.4) is 0 Å². The SMILES string of the molecule is O=C(c1c(C=Cc2ccc(Cl)cc2)[nH]c2cc(Br)c(F)cc12)C(F)(F)F. The molecule has 26 heavy (non-hydrogen) atoms. The monoisotopic (exact) mass is 445 g/mol. The number of ketones is 1. The lowest BCUT2D eigenvalue weighted by atomic mass is 10.0. The van der Waals surface area contributed by atoms with Gasteiger partial charge in [-0.05, 0) is 51.8 Å². The van der Waals surface area contributed by atoms with Crippen molar-refractivity contribution in [1.82, 2.24) is 4.98 Å². The summed E-state index contributed by atoms with van der Waals surface area (Å²) in [6, 6.07) is 8.78. The minimum atomic E-state index is -5.08. The van der Waals surface area contributed by atoms with E-state index >= 15 is 0 Å². The van der Waals surface area contributed by atoms with Crippen LogP contribution in [0, 0.1) is 5.82 Å². The number of carbonyl (C=O) groups excluding carboxylic acids is 1. The summed E-state index contributed by atoms with van der Waals surface area (Å²) in [6.45, 7) is 0. The van der Waals surface area contributed by atoms with Crippen LogP contribution in [-0.2, 0) is 0 Å². The van der Waals surface area contributed by atoms with Crippen LogP contribution >= 0.6 is 27.5 Å². The van der Waals surface area contributed by atoms with E-state index in [2.05, 4.69) is 20.9 Å². The topological polar surface area (TPSA) is 32.9 Å². The highest BCUT2D eigenvalue weighted by Gasteiger charge is 2.41. The average Bonchev–Trinajstić information content (AvgIpc) is 2.90. The summed E-state index contributed by atoms with van der Waals surface area (Å²) < 4.78 is 52.9. The maximum Gasteiger partial charge on any atom is 0.454 e. The lowest BCUT2D eigenvalue weighted by Gasteiger charge is -2.05. The highest BCUT2D eigenvalue weighted by atomic mass is 79.9. The number of Topliss-reactive ketones (excluding diaryl/α,β-unsaturated/α-hetero) is 1. The number of H-pyrrole nitrogens is 1. The fraction of sp³-hybridized carbons (Fsp3) is 0.0556. The summed E-state index contributed by atoms with van der Waals surface area (Å²) >= 11 is 8.77. The molecule has 1 heterocycles. The molecule has 2 aromatic carbocycles. The molecule has 3 rings (SSSR count). The van der Waals surface area contributed by atoms with Gasteiger partial charge in [0, 0.05) is 15.9 Å². The molecule has 0 saturated carbocycles. The van der Waals surface area contributed by atoms with Gasteiger partial charge < -0.3 is 4.98 Å². The van der Waals surface area contributed by atoms with Gasteiger partial charge in [-0.1, -0.05) is 29.8 Å². The number of benzene rings is 2. The molecule has 0 saturated heterocycles. The van der Waals surface area contributed by atoms with Gasteiger partial charge in [-0.15, -0.1) is 0 Å². The van der Waals surface area contributed by atoms with Gasteiger partial charge in [0.2, 0.25) is 0 Å². The Balaban J connectivity index is 2.17. The highest BCUT2D eigenvalue weighted by Crippen LogP contribution is 2.33. The smallest absolute Gasteiger partial charge is 0.354 e. The third-order valence-corrected chi connectivity index (χ3v) is 4.53. The van der Waals surface area contributed by atoms with Crippen molar-refractivity contribution >= 4 is 56.4 Å². The summed E-state index contributed by atoms with van der Waals surface area (Å²) in [6.07, 6.45) is -2.21. The van der Waals surface area contributed by atoms with Crippen molar-refractivity contribution in [2.75, 3.05) is 0 Å². The van der Waals surface area contributed by atoms with Crippen molar-refractivity contribution in [2.45, 2.75) is 6.18 Å². The van der Waals surface area contributed by atoms with Crippen LogP contribution in [0.5, 0.6) is 0 Å². The number of carbonyl (C=O) groups is 1. The van der Waals surface area contributed by atoms with E-state index in [0.717, 1.165) is 6.07 Å². The Morgan fingerprint density at radius 1 is 1.12 bits per heavy atom. The van der Waals surface area contributed by atoms with E-state index in [4.69, 9.17) is 11.6 Å². The molecular weight excluding hydrogens is 438 g/mol. The minimum Gasteiger partial charge on any atom is -0.354 e. The van der Waals surface area contributed by atoms with E-state index in [1.165, 1.54) is 18.2 Å². The Morgan fingerprint density at radius 2 is 1.77 bits per heavy atom. The van der Waals surface area contributed by atoms with Gasteiger partial charge in [-0.2, -0.15) is 13.2 Å². The number of hydrogen-bond donors (Lipinski definition) is 1. The van der Waals surface area contributed by atoms with Crippen molar-refractivity contribution in [3.05, 3.63) is 68.5 Å². The summed E-state index contributed by atoms with van der Waals surface area (Å²) in [5, 5.41) is 0.379. The Kier molecular flexibility index (Phi) is 4.94. The zero-order valence-corrected chi connectivity index (χ0v) is 15.1. The standard InChI is InChI=1S/C18H9BrClF4NO/c19-12-8-15-11(7-13(12)21)16(17(26)18(22,23)24)14(25-15)6-3-9-1-4-10(20)5-2-9/h1-8,25H. The zero-order valence-electron chi connectivity index (χ0n) is 12.8. The second-order valence-corrected chi connectivity index (χ2v) is 6.73. The molecule has 2 nitrogen and oxygen atoms in total. The van der Waals surface area contributed by atoms with Crippen LogP contribution in [-0.4, -0.2) is 16.9 Å². The number of fused-ring (bicyclic) bond motifs is 1. The van der Waals surface area contributed by atoms with Crippen LogP contribution in [0.1, 0.15) is 21.6 Å². The molecule has 1 aromatic heterocycles. The highest BCUT2D eigenvalue weighted by molar-refractivity contribution is 9.10. The predicted molar refractivity (Wildman–Crippen MR) is 96.7 cm³/mol. The fourth-order valence-corrected chi connectivity index (χ4v) is 2.94. The van der Waals surface area contributed by atoms with E-state index < -0.39 is 23.3 Å². The first-order valence-electron chi connectivity index (χ1n) is 7.22. The lowest BCUT2D eigenvalue weighted by Crippen LogP contribution is -2.23. The maximum absolute atomic E-state index is 13.8. The van der Waals surface area contributed by atoms with Crippen molar-refractivity contribution in [1.29, 1.82) is 0 Å². The molecular formula is C18H9BrClF4NO. The van der Waals surface area contributed by atoms with Crippen molar-refractivity contribution in [3.8, 4) is 0 Å². The van der Waals surface area contributed by atoms with Gasteiger partial charge >= 0.3 is 6.18 Å². The van der Waals surface area contributed by atoms with Crippen LogP contribution in [0.2, 0.25) is 5.02 Å². The predicted octanol–water partition coefficient (Wildman–Crippen LogP) is 6.64. The molecule has 0 amide bonds. The number of alkyl halides is 3. The van der Waals surface area contributed by atoms with Crippen LogP contribution in [0.15, 0.2) is 40.9 Å². The molecule has 0 fully saturated rings. The Morgan fingerprint density at radius 3 is 2.38 bits per heavy atom. The third-order valence-electron chi connectivity index (χ3n) is 3.67. The lowest BCUT2D eigenvalue weighted by molar-refractivity contribution is -0.0884. The van der Waals surface area contributed by atoms with Crippen LogP contribution in [0.4, 0.5) is 17.6 Å². The van der Waals surface area contributed by atoms with E-state index in [1.807, 2.05) is 0 Å². The molecule has 1 N–H and O–H groups in total. The molecule has 0 aliphatic rings. The quantitative estimate of drug-likeness (QED) is 0.355. The van der Waals surface area contributed by atoms with Gasteiger partial charge in [0.05, 0.1) is 15.7 Å². The zero-order chi connectivity index (χ0) is 19.1. The molecule has 0 spiro atoms. The first-order chi connectivity index (χ1) is 12.2. The Bertz CT molecular complexity index is 1020. The molecule has 0 unspecified atom stereocenters. The summed E-state index contributed by atoms with van der Waals surface area (Å²) in [5.74, 6) is -2.80. The molecule has 134 valence electrons. The fourth-order valence-electron chi connectivity index (χ4n) is 2.47. The van der Waals surface area contributed by atoms with E-state index in [1.54, 1.807) is 24.3 Å². The van der Waals surface area contributed by atoms with Crippen molar-refractivity contribution in [3.63, 3.8) is 0 Å². The van der Waals surface area contributed by atoms with Gasteiger partial charge in [0.25, 0.3) is 5.78 Å². The first kappa shape index (κ1) is 18.7. The van der Waals surface area contributed by atoms with Crippen molar-refractivity contribution < 1.29 is 22.4 Å². The van der Waals surface area contributed by atoms with E-state index in [0.29, 0.717) is 10.6 Å². The largest absolute Gasteiger partial charge is 0.454 e. The normalized spacial score (nSPS) is 12.2. The molecule has 3 aromatic rings. The average molecular weight is 447 g/mol. The van der Waals surface area contributed by atoms with Crippen LogP contribution in [0.25, 0.3) is 23.1 Å². The number of aromatic amines is 1.